The van der Waals surface area contributed by atoms with Crippen LogP contribution in [-0.4, -0.2) is 30.0 Å². The minimum Gasteiger partial charge on any atom is -0.273 e. The van der Waals surface area contributed by atoms with E-state index in [1.165, 1.54) is 5.06 Å². The summed E-state index contributed by atoms with van der Waals surface area (Å²) in [5.74, 6) is 0.373. The van der Waals surface area contributed by atoms with Crippen molar-refractivity contribution in [2.45, 2.75) is 19.3 Å². The predicted molar refractivity (Wildman–Crippen MR) is 42.2 cm³/mol. The van der Waals surface area contributed by atoms with E-state index in [0.29, 0.717) is 18.9 Å². The molecular formula is C7H12ClNO2. The number of rotatable bonds is 2. The lowest BCUT2D eigenvalue weighted by Gasteiger charge is -2.25. The smallest absolute Gasteiger partial charge is 0.247 e. The van der Waals surface area contributed by atoms with E-state index in [1.807, 2.05) is 0 Å². The van der Waals surface area contributed by atoms with Crippen LogP contribution in [0.3, 0.4) is 0 Å². The molecule has 0 spiro atoms. The highest BCUT2D eigenvalue weighted by Crippen LogP contribution is 2.07. The molecule has 0 unspecified atom stereocenters. The van der Waals surface area contributed by atoms with Crippen LogP contribution in [0.1, 0.15) is 19.3 Å². The van der Waals surface area contributed by atoms with Gasteiger partial charge in [-0.05, 0) is 12.8 Å². The molecule has 1 fully saturated rings. The molecule has 0 bridgehead atoms. The lowest BCUT2D eigenvalue weighted by atomic mass is 10.3. The molecule has 0 aromatic heterocycles. The zero-order valence-corrected chi connectivity index (χ0v) is 7.14. The summed E-state index contributed by atoms with van der Waals surface area (Å²) in [6, 6.07) is 0. The molecule has 1 aliphatic heterocycles. The van der Waals surface area contributed by atoms with Crippen LogP contribution in [-0.2, 0) is 9.63 Å². The highest BCUT2D eigenvalue weighted by Gasteiger charge is 2.16. The van der Waals surface area contributed by atoms with Crippen molar-refractivity contribution < 1.29 is 9.63 Å². The molecule has 3 nitrogen and oxygen atoms in total. The van der Waals surface area contributed by atoms with E-state index in [1.54, 1.807) is 0 Å². The minimum absolute atomic E-state index is 0.000278. The Morgan fingerprint density at radius 2 is 2.36 bits per heavy atom. The summed E-state index contributed by atoms with van der Waals surface area (Å²) >= 11 is 5.41. The van der Waals surface area contributed by atoms with Gasteiger partial charge in [0.2, 0.25) is 5.91 Å². The highest BCUT2D eigenvalue weighted by molar-refractivity contribution is 6.18. The number of alkyl halides is 1. The number of hydrogen-bond acceptors (Lipinski definition) is 2. The number of hydrogen-bond donors (Lipinski definition) is 0. The fourth-order valence-electron chi connectivity index (χ4n) is 0.999. The van der Waals surface area contributed by atoms with E-state index in [2.05, 4.69) is 0 Å². The minimum atomic E-state index is -0.000278. The molecule has 0 aromatic carbocycles. The standard InChI is InChI=1S/C7H12ClNO2/c8-4-3-7(10)9-5-1-2-6-11-9/h1-6H2. The number of amides is 1. The van der Waals surface area contributed by atoms with Crippen LogP contribution in [0.4, 0.5) is 0 Å². The van der Waals surface area contributed by atoms with Crippen LogP contribution in [0.15, 0.2) is 0 Å². The van der Waals surface area contributed by atoms with E-state index in [-0.39, 0.29) is 5.91 Å². The predicted octanol–water partition coefficient (Wildman–Crippen LogP) is 1.17. The van der Waals surface area contributed by atoms with Gasteiger partial charge >= 0.3 is 0 Å². The molecule has 1 aliphatic rings. The summed E-state index contributed by atoms with van der Waals surface area (Å²) in [5.41, 5.74) is 0. The van der Waals surface area contributed by atoms with Crippen molar-refractivity contribution in [2.24, 2.45) is 0 Å². The Labute approximate surface area is 71.2 Å². The van der Waals surface area contributed by atoms with E-state index < -0.39 is 0 Å². The SMILES string of the molecule is O=C(CCCl)N1CCCCO1. The van der Waals surface area contributed by atoms with Crippen LogP contribution in [0.25, 0.3) is 0 Å². The van der Waals surface area contributed by atoms with Crippen molar-refractivity contribution in [3.8, 4) is 0 Å². The first-order valence-corrected chi connectivity index (χ1v) is 4.37. The van der Waals surface area contributed by atoms with Crippen LogP contribution in [0, 0.1) is 0 Å². The molecule has 0 aliphatic carbocycles. The Morgan fingerprint density at radius 1 is 1.55 bits per heavy atom. The third-order valence-corrected chi connectivity index (χ3v) is 1.78. The molecular weight excluding hydrogens is 166 g/mol. The van der Waals surface area contributed by atoms with Gasteiger partial charge in [0.05, 0.1) is 6.61 Å². The van der Waals surface area contributed by atoms with Gasteiger partial charge in [0, 0.05) is 18.8 Å². The zero-order valence-electron chi connectivity index (χ0n) is 6.38. The molecule has 1 heterocycles. The summed E-state index contributed by atoms with van der Waals surface area (Å²) in [5, 5.41) is 1.42. The van der Waals surface area contributed by atoms with E-state index in [0.717, 1.165) is 19.4 Å². The normalized spacial score (nSPS) is 18.5. The summed E-state index contributed by atoms with van der Waals surface area (Å²) < 4.78 is 0. The fraction of sp³-hybridized carbons (Fsp3) is 0.857. The van der Waals surface area contributed by atoms with Gasteiger partial charge in [-0.15, -0.1) is 11.6 Å². The maximum absolute atomic E-state index is 11.1. The Morgan fingerprint density at radius 3 is 2.91 bits per heavy atom. The van der Waals surface area contributed by atoms with Crippen molar-refractivity contribution in [2.75, 3.05) is 19.0 Å². The summed E-state index contributed by atoms with van der Waals surface area (Å²) in [6.07, 6.45) is 2.46. The Hall–Kier alpha value is -0.280. The van der Waals surface area contributed by atoms with Gasteiger partial charge in [0.15, 0.2) is 0 Å². The van der Waals surface area contributed by atoms with Gasteiger partial charge in [-0.2, -0.15) is 0 Å². The Balaban J connectivity index is 2.27. The van der Waals surface area contributed by atoms with E-state index in [9.17, 15) is 4.79 Å². The summed E-state index contributed by atoms with van der Waals surface area (Å²) in [4.78, 5) is 16.2. The molecule has 0 atom stereocenters. The van der Waals surface area contributed by atoms with Gasteiger partial charge in [0.1, 0.15) is 0 Å². The quantitative estimate of drug-likeness (QED) is 0.593. The number of nitrogens with zero attached hydrogens (tertiary/aromatic N) is 1. The lowest BCUT2D eigenvalue weighted by Crippen LogP contribution is -2.35. The maximum Gasteiger partial charge on any atom is 0.247 e. The number of carbonyl (C=O) groups is 1. The van der Waals surface area contributed by atoms with Crippen molar-refractivity contribution in [3.05, 3.63) is 0 Å². The third kappa shape index (κ3) is 2.67. The topological polar surface area (TPSA) is 29.5 Å². The molecule has 1 amide bonds. The molecule has 1 rings (SSSR count). The van der Waals surface area contributed by atoms with Crippen molar-refractivity contribution in [1.29, 1.82) is 0 Å². The number of carbonyl (C=O) groups excluding carboxylic acids is 1. The third-order valence-electron chi connectivity index (χ3n) is 1.59. The Kier molecular flexibility index (Phi) is 3.66. The average Bonchev–Trinajstić information content (AvgIpc) is 2.07. The highest BCUT2D eigenvalue weighted by atomic mass is 35.5. The largest absolute Gasteiger partial charge is 0.273 e. The fourth-order valence-corrected chi connectivity index (χ4v) is 1.16. The molecule has 4 heteroatoms. The van der Waals surface area contributed by atoms with Crippen molar-refractivity contribution in [3.63, 3.8) is 0 Å². The molecule has 0 radical (unpaired) electrons. The van der Waals surface area contributed by atoms with Gasteiger partial charge in [0.25, 0.3) is 0 Å². The van der Waals surface area contributed by atoms with E-state index >= 15 is 0 Å². The van der Waals surface area contributed by atoms with E-state index in [4.69, 9.17) is 16.4 Å². The first kappa shape index (κ1) is 8.81. The molecule has 1 saturated heterocycles. The van der Waals surface area contributed by atoms with Gasteiger partial charge in [-0.25, -0.2) is 5.06 Å². The summed E-state index contributed by atoms with van der Waals surface area (Å²) in [6.45, 7) is 1.38. The molecule has 11 heavy (non-hydrogen) atoms. The van der Waals surface area contributed by atoms with Crippen LogP contribution in [0.2, 0.25) is 0 Å². The first-order chi connectivity index (χ1) is 5.34. The number of hydroxylamine groups is 2. The second kappa shape index (κ2) is 4.57. The molecule has 0 saturated carbocycles. The van der Waals surface area contributed by atoms with Crippen LogP contribution < -0.4 is 0 Å². The summed E-state index contributed by atoms with van der Waals surface area (Å²) in [7, 11) is 0. The monoisotopic (exact) mass is 177 g/mol. The van der Waals surface area contributed by atoms with Crippen molar-refractivity contribution in [1.82, 2.24) is 5.06 Å². The molecule has 64 valence electrons. The van der Waals surface area contributed by atoms with Crippen LogP contribution >= 0.6 is 11.6 Å². The van der Waals surface area contributed by atoms with Crippen LogP contribution in [0.5, 0.6) is 0 Å². The second-order valence-corrected chi connectivity index (χ2v) is 2.85. The lowest BCUT2D eigenvalue weighted by molar-refractivity contribution is -0.196. The van der Waals surface area contributed by atoms with Gasteiger partial charge in [-0.3, -0.25) is 9.63 Å². The first-order valence-electron chi connectivity index (χ1n) is 3.84. The molecule has 0 aromatic rings. The zero-order chi connectivity index (χ0) is 8.10. The average molecular weight is 178 g/mol. The van der Waals surface area contributed by atoms with Gasteiger partial charge in [-0.1, -0.05) is 0 Å². The maximum atomic E-state index is 11.1. The van der Waals surface area contributed by atoms with Gasteiger partial charge < -0.3 is 0 Å². The molecule has 0 N–H and O–H groups in total. The van der Waals surface area contributed by atoms with Crippen molar-refractivity contribution >= 4 is 17.5 Å². The number of halogens is 1. The Bertz CT molecular complexity index is 134. The second-order valence-electron chi connectivity index (χ2n) is 2.48.